The van der Waals surface area contributed by atoms with E-state index in [1.54, 1.807) is 13.0 Å². The summed E-state index contributed by atoms with van der Waals surface area (Å²) in [7, 11) is 0. The van der Waals surface area contributed by atoms with E-state index >= 15 is 0 Å². The second kappa shape index (κ2) is 5.77. The van der Waals surface area contributed by atoms with Crippen molar-refractivity contribution in [2.45, 2.75) is 32.0 Å². The zero-order valence-electron chi connectivity index (χ0n) is 11.4. The molecule has 0 saturated heterocycles. The molecule has 2 amide bonds. The number of aliphatic carboxylic acids is 1. The third kappa shape index (κ3) is 2.82. The van der Waals surface area contributed by atoms with Gasteiger partial charge in [0.15, 0.2) is 0 Å². The van der Waals surface area contributed by atoms with Crippen LogP contribution in [0.15, 0.2) is 36.9 Å². The summed E-state index contributed by atoms with van der Waals surface area (Å²) >= 11 is 0. The summed E-state index contributed by atoms with van der Waals surface area (Å²) in [4.78, 5) is 25.0. The maximum absolute atomic E-state index is 12.2. The van der Waals surface area contributed by atoms with E-state index < -0.39 is 12.0 Å². The van der Waals surface area contributed by atoms with Crippen LogP contribution in [0.5, 0.6) is 0 Å². The quantitative estimate of drug-likeness (QED) is 0.825. The van der Waals surface area contributed by atoms with Gasteiger partial charge in [-0.25, -0.2) is 9.59 Å². The Morgan fingerprint density at radius 1 is 1.45 bits per heavy atom. The number of carboxylic acids is 1. The average molecular weight is 274 g/mol. The summed E-state index contributed by atoms with van der Waals surface area (Å²) in [5.74, 6) is -0.985. The Morgan fingerprint density at radius 3 is 2.70 bits per heavy atom. The summed E-state index contributed by atoms with van der Waals surface area (Å²) in [6.07, 6.45) is 1.94. The lowest BCUT2D eigenvalue weighted by molar-refractivity contribution is -0.142. The van der Waals surface area contributed by atoms with Gasteiger partial charge in [-0.1, -0.05) is 30.3 Å². The molecule has 1 aliphatic heterocycles. The second-order valence-electron chi connectivity index (χ2n) is 4.93. The summed E-state index contributed by atoms with van der Waals surface area (Å²) < 4.78 is 0. The monoisotopic (exact) mass is 274 g/mol. The Morgan fingerprint density at radius 2 is 2.10 bits per heavy atom. The van der Waals surface area contributed by atoms with Crippen LogP contribution in [0.1, 0.15) is 18.1 Å². The molecule has 0 radical (unpaired) electrons. The number of nitrogens with one attached hydrogen (secondary N) is 1. The van der Waals surface area contributed by atoms with Crippen molar-refractivity contribution < 1.29 is 14.7 Å². The zero-order chi connectivity index (χ0) is 14.7. The molecular weight excluding hydrogens is 256 g/mol. The highest BCUT2D eigenvalue weighted by molar-refractivity contribution is 5.83. The number of rotatable bonds is 3. The molecule has 0 fully saturated rings. The lowest BCUT2D eigenvalue weighted by Gasteiger charge is -2.34. The van der Waals surface area contributed by atoms with Crippen LogP contribution in [0.25, 0.3) is 0 Å². The van der Waals surface area contributed by atoms with Crippen molar-refractivity contribution in [3.8, 4) is 0 Å². The Hall–Kier alpha value is -2.30. The number of amides is 2. The van der Waals surface area contributed by atoms with Gasteiger partial charge in [-0.2, -0.15) is 0 Å². The average Bonchev–Trinajstić information content (AvgIpc) is 2.45. The van der Waals surface area contributed by atoms with Gasteiger partial charge in [-0.3, -0.25) is 0 Å². The van der Waals surface area contributed by atoms with E-state index in [-0.39, 0.29) is 12.1 Å². The fourth-order valence-electron chi connectivity index (χ4n) is 2.29. The largest absolute Gasteiger partial charge is 0.480 e. The molecule has 2 N–H and O–H groups in total. The van der Waals surface area contributed by atoms with Gasteiger partial charge in [0.25, 0.3) is 0 Å². The van der Waals surface area contributed by atoms with Crippen LogP contribution < -0.4 is 5.32 Å². The lowest BCUT2D eigenvalue weighted by Crippen LogP contribution is -2.53. The number of carbonyl (C=O) groups excluding carboxylic acids is 1. The van der Waals surface area contributed by atoms with E-state index in [1.807, 2.05) is 24.3 Å². The van der Waals surface area contributed by atoms with Gasteiger partial charge in [0, 0.05) is 19.0 Å². The van der Waals surface area contributed by atoms with E-state index in [4.69, 9.17) is 0 Å². The second-order valence-corrected chi connectivity index (χ2v) is 4.93. The molecule has 0 bridgehead atoms. The van der Waals surface area contributed by atoms with Crippen LogP contribution in [0.2, 0.25) is 0 Å². The Kier molecular flexibility index (Phi) is 4.08. The fraction of sp³-hybridized carbons (Fsp3) is 0.333. The summed E-state index contributed by atoms with van der Waals surface area (Å²) in [6.45, 7) is 5.70. The van der Waals surface area contributed by atoms with Gasteiger partial charge in [-0.05, 0) is 18.1 Å². The number of urea groups is 1. The molecule has 0 aliphatic carbocycles. The molecule has 2 rings (SSSR count). The van der Waals surface area contributed by atoms with E-state index in [0.717, 1.165) is 11.1 Å². The van der Waals surface area contributed by atoms with Gasteiger partial charge < -0.3 is 15.3 Å². The van der Waals surface area contributed by atoms with Crippen LogP contribution in [0, 0.1) is 0 Å². The molecule has 5 nitrogen and oxygen atoms in total. The summed E-state index contributed by atoms with van der Waals surface area (Å²) in [5.41, 5.74) is 1.98. The van der Waals surface area contributed by atoms with E-state index in [9.17, 15) is 14.7 Å². The molecule has 2 atom stereocenters. The standard InChI is InChI=1S/C15H18N2O3/c1-3-10(2)16-15(20)17-9-12-7-5-4-6-11(12)8-13(17)14(18)19/h3-7,10,13H,1,8-9H2,2H3,(H,16,20)(H,18,19). The van der Waals surface area contributed by atoms with E-state index in [2.05, 4.69) is 11.9 Å². The molecule has 0 saturated carbocycles. The van der Waals surface area contributed by atoms with Gasteiger partial charge in [0.2, 0.25) is 0 Å². The van der Waals surface area contributed by atoms with Gasteiger partial charge in [-0.15, -0.1) is 6.58 Å². The Balaban J connectivity index is 2.24. The molecule has 0 aromatic heterocycles. The SMILES string of the molecule is C=CC(C)NC(=O)N1Cc2ccccc2CC1C(=O)O. The number of fused-ring (bicyclic) bond motifs is 1. The summed E-state index contributed by atoms with van der Waals surface area (Å²) in [5, 5.41) is 12.1. The number of benzene rings is 1. The molecular formula is C15H18N2O3. The normalized spacial score (nSPS) is 18.9. The van der Waals surface area contributed by atoms with Crippen molar-refractivity contribution in [2.75, 3.05) is 0 Å². The van der Waals surface area contributed by atoms with Crippen molar-refractivity contribution in [3.63, 3.8) is 0 Å². The van der Waals surface area contributed by atoms with Gasteiger partial charge in [0.05, 0.1) is 0 Å². The van der Waals surface area contributed by atoms with E-state index in [0.29, 0.717) is 13.0 Å². The molecule has 1 heterocycles. The fourth-order valence-corrected chi connectivity index (χ4v) is 2.29. The highest BCUT2D eigenvalue weighted by Gasteiger charge is 2.34. The number of hydrogen-bond donors (Lipinski definition) is 2. The molecule has 20 heavy (non-hydrogen) atoms. The van der Waals surface area contributed by atoms with Crippen LogP contribution in [0.4, 0.5) is 4.79 Å². The van der Waals surface area contributed by atoms with Crippen LogP contribution in [-0.4, -0.2) is 34.1 Å². The lowest BCUT2D eigenvalue weighted by atomic mass is 9.94. The highest BCUT2D eigenvalue weighted by Crippen LogP contribution is 2.23. The van der Waals surface area contributed by atoms with Crippen molar-refractivity contribution in [1.29, 1.82) is 0 Å². The first kappa shape index (κ1) is 14.1. The number of carboxylic acid groups (broad SMARTS) is 1. The van der Waals surface area contributed by atoms with Crippen molar-refractivity contribution in [3.05, 3.63) is 48.0 Å². The third-order valence-electron chi connectivity index (χ3n) is 3.50. The molecule has 0 spiro atoms. The van der Waals surface area contributed by atoms with Crippen molar-refractivity contribution in [1.82, 2.24) is 10.2 Å². The highest BCUT2D eigenvalue weighted by atomic mass is 16.4. The van der Waals surface area contributed by atoms with Crippen LogP contribution in [-0.2, 0) is 17.8 Å². The van der Waals surface area contributed by atoms with Gasteiger partial charge >= 0.3 is 12.0 Å². The molecule has 5 heteroatoms. The Labute approximate surface area is 117 Å². The Bertz CT molecular complexity index is 542. The smallest absolute Gasteiger partial charge is 0.326 e. The van der Waals surface area contributed by atoms with Crippen LogP contribution in [0.3, 0.4) is 0 Å². The first-order chi connectivity index (χ1) is 9.52. The number of nitrogens with zero attached hydrogens (tertiary/aromatic N) is 1. The van der Waals surface area contributed by atoms with Crippen molar-refractivity contribution in [2.24, 2.45) is 0 Å². The first-order valence-electron chi connectivity index (χ1n) is 6.52. The number of hydrogen-bond acceptors (Lipinski definition) is 2. The minimum atomic E-state index is -0.985. The molecule has 1 aromatic carbocycles. The molecule has 106 valence electrons. The molecule has 1 aromatic rings. The predicted molar refractivity (Wildman–Crippen MR) is 75.3 cm³/mol. The third-order valence-corrected chi connectivity index (χ3v) is 3.50. The van der Waals surface area contributed by atoms with E-state index in [1.165, 1.54) is 4.90 Å². The summed E-state index contributed by atoms with van der Waals surface area (Å²) in [6, 6.07) is 6.20. The van der Waals surface area contributed by atoms with Crippen molar-refractivity contribution >= 4 is 12.0 Å². The molecule has 2 unspecified atom stereocenters. The van der Waals surface area contributed by atoms with Crippen LogP contribution >= 0.6 is 0 Å². The predicted octanol–water partition coefficient (Wildman–Crippen LogP) is 1.78. The topological polar surface area (TPSA) is 69.6 Å². The number of carbonyl (C=O) groups is 2. The minimum absolute atomic E-state index is 0.200. The molecule has 1 aliphatic rings. The maximum Gasteiger partial charge on any atom is 0.326 e. The maximum atomic E-state index is 12.2. The first-order valence-corrected chi connectivity index (χ1v) is 6.52. The van der Waals surface area contributed by atoms with Gasteiger partial charge in [0.1, 0.15) is 6.04 Å². The zero-order valence-corrected chi connectivity index (χ0v) is 11.4. The minimum Gasteiger partial charge on any atom is -0.480 e.